The van der Waals surface area contributed by atoms with Crippen molar-refractivity contribution in [3.8, 4) is 11.5 Å². The fraction of sp³-hybridized carbons (Fsp3) is 0.571. The Bertz CT molecular complexity index is 706. The second-order valence-electron chi connectivity index (χ2n) is 7.43. The van der Waals surface area contributed by atoms with Crippen LogP contribution < -0.4 is 25.4 Å². The molecule has 1 aromatic carbocycles. The Morgan fingerprint density at radius 3 is 2.28 bits per heavy atom. The van der Waals surface area contributed by atoms with Crippen LogP contribution in [-0.2, 0) is 16.0 Å². The number of guanidine groups is 1. The normalized spacial score (nSPS) is 12.7. The minimum atomic E-state index is -0.585. The largest absolute Gasteiger partial charge is 0.493 e. The number of amides is 2. The van der Waals surface area contributed by atoms with E-state index in [0.717, 1.165) is 12.0 Å². The number of benzene rings is 1. The van der Waals surface area contributed by atoms with E-state index >= 15 is 0 Å². The van der Waals surface area contributed by atoms with Crippen LogP contribution in [0, 0.1) is 11.3 Å². The van der Waals surface area contributed by atoms with Crippen LogP contribution >= 0.6 is 0 Å². The highest BCUT2D eigenvalue weighted by molar-refractivity contribution is 5.98. The molecule has 29 heavy (non-hydrogen) atoms. The van der Waals surface area contributed by atoms with Gasteiger partial charge in [0.2, 0.25) is 11.8 Å². The molecule has 0 radical (unpaired) electrons. The number of hydrogen-bond acceptors (Lipinski definition) is 5. The van der Waals surface area contributed by atoms with Gasteiger partial charge < -0.3 is 20.1 Å². The van der Waals surface area contributed by atoms with Gasteiger partial charge in [0, 0.05) is 6.04 Å². The smallest absolute Gasteiger partial charge is 0.242 e. The minimum absolute atomic E-state index is 0.0489. The monoisotopic (exact) mass is 406 g/mol. The zero-order valence-corrected chi connectivity index (χ0v) is 18.2. The number of nitrogens with one attached hydrogen (secondary N) is 4. The Morgan fingerprint density at radius 1 is 1.07 bits per heavy atom. The predicted octanol–water partition coefficient (Wildman–Crippen LogP) is 2.22. The summed E-state index contributed by atoms with van der Waals surface area (Å²) in [6.07, 6.45) is 1.44. The molecule has 0 aliphatic carbocycles. The van der Waals surface area contributed by atoms with Gasteiger partial charge in [0.15, 0.2) is 17.5 Å². The van der Waals surface area contributed by atoms with Crippen LogP contribution in [0.25, 0.3) is 0 Å². The van der Waals surface area contributed by atoms with Crippen LogP contribution in [0.3, 0.4) is 0 Å². The number of hydrogen-bond donors (Lipinski definition) is 4. The van der Waals surface area contributed by atoms with Gasteiger partial charge in [-0.15, -0.1) is 0 Å². The van der Waals surface area contributed by atoms with Gasteiger partial charge in [-0.3, -0.25) is 20.3 Å². The van der Waals surface area contributed by atoms with Crippen LogP contribution in [-0.4, -0.2) is 44.1 Å². The number of carbonyl (C=O) groups excluding carboxylic acids is 2. The average Bonchev–Trinajstić information content (AvgIpc) is 2.66. The molecule has 0 saturated heterocycles. The standard InChI is InChI=1S/C21H34N4O4/c1-7-14(4)23-20(27)16(10-13(2)3)24-21(22)25-19(26)12-15-8-9-17(28-5)18(11-15)29-6/h8-9,11,13-14,16H,7,10,12H2,1-6H3,(H,23,27)(H3,22,24,25,26)/t14-,16+/m0/s1. The molecular weight excluding hydrogens is 372 g/mol. The number of rotatable bonds is 10. The van der Waals surface area contributed by atoms with E-state index in [0.29, 0.717) is 17.9 Å². The lowest BCUT2D eigenvalue weighted by Crippen LogP contribution is -2.53. The van der Waals surface area contributed by atoms with Crippen LogP contribution in [0.5, 0.6) is 11.5 Å². The maximum Gasteiger partial charge on any atom is 0.242 e. The minimum Gasteiger partial charge on any atom is -0.493 e. The van der Waals surface area contributed by atoms with Gasteiger partial charge in [0.25, 0.3) is 0 Å². The lowest BCUT2D eigenvalue weighted by molar-refractivity contribution is -0.124. The molecule has 2 amide bonds. The summed E-state index contributed by atoms with van der Waals surface area (Å²) in [5.74, 6) is 0.637. The summed E-state index contributed by atoms with van der Waals surface area (Å²) < 4.78 is 10.4. The highest BCUT2D eigenvalue weighted by atomic mass is 16.5. The number of carbonyl (C=O) groups is 2. The molecule has 0 fully saturated rings. The molecule has 0 aliphatic rings. The summed E-state index contributed by atoms with van der Waals surface area (Å²) in [4.78, 5) is 24.8. The molecule has 0 aromatic heterocycles. The Balaban J connectivity index is 2.69. The van der Waals surface area contributed by atoms with Crippen molar-refractivity contribution in [2.75, 3.05) is 14.2 Å². The molecule has 8 nitrogen and oxygen atoms in total. The van der Waals surface area contributed by atoms with Gasteiger partial charge in [-0.05, 0) is 43.4 Å². The van der Waals surface area contributed by atoms with Gasteiger partial charge in [0.05, 0.1) is 20.6 Å². The molecule has 8 heteroatoms. The zero-order chi connectivity index (χ0) is 22.0. The van der Waals surface area contributed by atoms with Crippen molar-refractivity contribution in [3.05, 3.63) is 23.8 Å². The van der Waals surface area contributed by atoms with E-state index in [-0.39, 0.29) is 36.2 Å². The Labute approximate surface area is 173 Å². The van der Waals surface area contributed by atoms with E-state index in [9.17, 15) is 9.59 Å². The van der Waals surface area contributed by atoms with Crippen LogP contribution in [0.2, 0.25) is 0 Å². The van der Waals surface area contributed by atoms with Crippen molar-refractivity contribution in [2.24, 2.45) is 5.92 Å². The first kappa shape index (κ1) is 24.3. The summed E-state index contributed by atoms with van der Waals surface area (Å²) >= 11 is 0. The van der Waals surface area contributed by atoms with Crippen molar-refractivity contribution < 1.29 is 19.1 Å². The highest BCUT2D eigenvalue weighted by Gasteiger charge is 2.22. The van der Waals surface area contributed by atoms with E-state index in [1.54, 1.807) is 25.3 Å². The summed E-state index contributed by atoms with van der Waals surface area (Å²) in [5.41, 5.74) is 0.723. The molecule has 0 unspecified atom stereocenters. The topological polar surface area (TPSA) is 113 Å². The highest BCUT2D eigenvalue weighted by Crippen LogP contribution is 2.27. The summed E-state index contributed by atoms with van der Waals surface area (Å²) in [6.45, 7) is 7.93. The first-order valence-corrected chi connectivity index (χ1v) is 9.86. The molecule has 0 saturated carbocycles. The van der Waals surface area contributed by atoms with Crippen molar-refractivity contribution >= 4 is 17.8 Å². The second kappa shape index (κ2) is 11.9. The first-order valence-electron chi connectivity index (χ1n) is 9.86. The van der Waals surface area contributed by atoms with E-state index in [1.807, 2.05) is 27.7 Å². The third kappa shape index (κ3) is 8.41. The number of ether oxygens (including phenoxy) is 2. The summed E-state index contributed by atoms with van der Waals surface area (Å²) in [7, 11) is 3.07. The third-order valence-electron chi connectivity index (χ3n) is 4.42. The lowest BCUT2D eigenvalue weighted by Gasteiger charge is -2.23. The van der Waals surface area contributed by atoms with Gasteiger partial charge in [0.1, 0.15) is 6.04 Å². The molecular formula is C21H34N4O4. The number of methoxy groups -OCH3 is 2. The van der Waals surface area contributed by atoms with E-state index < -0.39 is 6.04 Å². The molecule has 2 atom stereocenters. The molecule has 0 bridgehead atoms. The molecule has 1 aromatic rings. The molecule has 0 aliphatic heterocycles. The first-order chi connectivity index (χ1) is 13.7. The van der Waals surface area contributed by atoms with Gasteiger partial charge in [-0.1, -0.05) is 26.8 Å². The summed E-state index contributed by atoms with van der Waals surface area (Å²) in [5, 5.41) is 16.3. The molecule has 4 N–H and O–H groups in total. The van der Waals surface area contributed by atoms with Crippen molar-refractivity contribution in [1.29, 1.82) is 5.41 Å². The van der Waals surface area contributed by atoms with Crippen LogP contribution in [0.4, 0.5) is 0 Å². The molecule has 0 heterocycles. The quantitative estimate of drug-likeness (QED) is 0.352. The van der Waals surface area contributed by atoms with Gasteiger partial charge >= 0.3 is 0 Å². The van der Waals surface area contributed by atoms with E-state index in [1.165, 1.54) is 7.11 Å². The lowest BCUT2D eigenvalue weighted by atomic mass is 10.0. The van der Waals surface area contributed by atoms with E-state index in [4.69, 9.17) is 14.9 Å². The predicted molar refractivity (Wildman–Crippen MR) is 113 cm³/mol. The second-order valence-corrected chi connectivity index (χ2v) is 7.43. The molecule has 1 rings (SSSR count). The molecule has 0 spiro atoms. The third-order valence-corrected chi connectivity index (χ3v) is 4.42. The van der Waals surface area contributed by atoms with Crippen LogP contribution in [0.15, 0.2) is 18.2 Å². The maximum absolute atomic E-state index is 12.5. The fourth-order valence-corrected chi connectivity index (χ4v) is 2.72. The maximum atomic E-state index is 12.5. The fourth-order valence-electron chi connectivity index (χ4n) is 2.72. The van der Waals surface area contributed by atoms with Crippen molar-refractivity contribution in [1.82, 2.24) is 16.0 Å². The summed E-state index contributed by atoms with van der Waals surface area (Å²) in [6, 6.07) is 4.67. The van der Waals surface area contributed by atoms with Gasteiger partial charge in [-0.2, -0.15) is 0 Å². The van der Waals surface area contributed by atoms with Crippen LogP contribution in [0.1, 0.15) is 46.1 Å². The zero-order valence-electron chi connectivity index (χ0n) is 18.2. The van der Waals surface area contributed by atoms with E-state index in [2.05, 4.69) is 16.0 Å². The molecule has 162 valence electrons. The van der Waals surface area contributed by atoms with Gasteiger partial charge in [-0.25, -0.2) is 0 Å². The Morgan fingerprint density at radius 2 is 1.72 bits per heavy atom. The Kier molecular flexibility index (Phi) is 9.99. The Hall–Kier alpha value is -2.77. The van der Waals surface area contributed by atoms with Crippen molar-refractivity contribution in [2.45, 2.75) is 59.0 Å². The van der Waals surface area contributed by atoms with Crippen molar-refractivity contribution in [3.63, 3.8) is 0 Å². The average molecular weight is 407 g/mol. The SMILES string of the molecule is CC[C@H](C)NC(=O)[C@@H](CC(C)C)NC(=N)NC(=O)Cc1ccc(OC)c(OC)c1.